The van der Waals surface area contributed by atoms with E-state index < -0.39 is 23.9 Å². The smallest absolute Gasteiger partial charge is 0.354 e. The van der Waals surface area contributed by atoms with Crippen molar-refractivity contribution in [1.82, 2.24) is 9.97 Å². The number of carboxylic acid groups (broad SMARTS) is 3. The zero-order chi connectivity index (χ0) is 19.0. The summed E-state index contributed by atoms with van der Waals surface area (Å²) in [7, 11) is 1.24. The molecule has 0 aromatic carbocycles. The number of carboxylic acids is 3. The van der Waals surface area contributed by atoms with Crippen LogP contribution in [0.2, 0.25) is 0 Å². The molecule has 0 fully saturated rings. The van der Waals surface area contributed by atoms with Crippen molar-refractivity contribution in [3.8, 4) is 0 Å². The first kappa shape index (κ1) is 19.2. The van der Waals surface area contributed by atoms with Crippen molar-refractivity contribution in [2.75, 3.05) is 7.11 Å². The molecule has 0 saturated heterocycles. The molecule has 0 unspecified atom stereocenters. The standard InChI is InChI=1S/C8H7NO4.C7H5NO4/c1-13-8(12)5-2-3-6(7(10)11)9-4-5;9-6(10)4-1-2-5(7(11)12)8-3-4/h2-4H,1H3,(H,10,11);1-3H,(H,9,10)(H,11,12). The van der Waals surface area contributed by atoms with Crippen molar-refractivity contribution in [2.24, 2.45) is 0 Å². The summed E-state index contributed by atoms with van der Waals surface area (Å²) in [5.41, 5.74) is -0.0693. The molecule has 0 atom stereocenters. The summed E-state index contributed by atoms with van der Waals surface area (Å²) < 4.78 is 4.41. The number of carbonyl (C=O) groups is 4. The predicted molar refractivity (Wildman–Crippen MR) is 80.7 cm³/mol. The van der Waals surface area contributed by atoms with Gasteiger partial charge in [-0.1, -0.05) is 0 Å². The van der Waals surface area contributed by atoms with Gasteiger partial charge in [0, 0.05) is 12.4 Å². The molecule has 0 amide bonds. The summed E-state index contributed by atoms with van der Waals surface area (Å²) in [5, 5.41) is 25.3. The lowest BCUT2D eigenvalue weighted by molar-refractivity contribution is 0.0596. The Hall–Kier alpha value is -3.82. The van der Waals surface area contributed by atoms with Crippen molar-refractivity contribution < 1.29 is 39.2 Å². The van der Waals surface area contributed by atoms with E-state index in [-0.39, 0.29) is 22.5 Å². The number of esters is 1. The van der Waals surface area contributed by atoms with Crippen molar-refractivity contribution in [3.63, 3.8) is 0 Å². The van der Waals surface area contributed by atoms with Gasteiger partial charge in [-0.25, -0.2) is 29.1 Å². The van der Waals surface area contributed by atoms with E-state index in [4.69, 9.17) is 15.3 Å². The van der Waals surface area contributed by atoms with Gasteiger partial charge in [0.2, 0.25) is 0 Å². The third-order valence-electron chi connectivity index (χ3n) is 2.63. The number of pyridine rings is 2. The molecule has 0 aliphatic carbocycles. The number of rotatable bonds is 4. The zero-order valence-corrected chi connectivity index (χ0v) is 12.7. The van der Waals surface area contributed by atoms with Crippen LogP contribution in [0, 0.1) is 0 Å². The molecule has 0 radical (unpaired) electrons. The first-order valence-corrected chi connectivity index (χ1v) is 6.46. The van der Waals surface area contributed by atoms with Crippen LogP contribution in [0.4, 0.5) is 0 Å². The van der Waals surface area contributed by atoms with Crippen LogP contribution < -0.4 is 0 Å². The SMILES string of the molecule is COC(=O)c1ccc(C(=O)O)nc1.O=C(O)c1ccc(C(=O)O)nc1. The fraction of sp³-hybridized carbons (Fsp3) is 0.0667. The highest BCUT2D eigenvalue weighted by atomic mass is 16.5. The number of nitrogens with zero attached hydrogens (tertiary/aromatic N) is 2. The minimum atomic E-state index is -1.17. The highest BCUT2D eigenvalue weighted by molar-refractivity contribution is 5.91. The maximum atomic E-state index is 10.9. The lowest BCUT2D eigenvalue weighted by Crippen LogP contribution is -2.05. The van der Waals surface area contributed by atoms with E-state index >= 15 is 0 Å². The average molecular weight is 348 g/mol. The Morgan fingerprint density at radius 3 is 1.48 bits per heavy atom. The van der Waals surface area contributed by atoms with Gasteiger partial charge in [-0.3, -0.25) is 0 Å². The zero-order valence-electron chi connectivity index (χ0n) is 12.7. The molecular weight excluding hydrogens is 336 g/mol. The second-order valence-corrected chi connectivity index (χ2v) is 4.27. The second kappa shape index (κ2) is 8.72. The van der Waals surface area contributed by atoms with E-state index in [9.17, 15) is 19.2 Å². The molecular formula is C15H12N2O8. The lowest BCUT2D eigenvalue weighted by Gasteiger charge is -1.97. The number of aromatic nitrogens is 2. The van der Waals surface area contributed by atoms with Gasteiger partial charge in [-0.2, -0.15) is 0 Å². The molecule has 0 saturated carbocycles. The van der Waals surface area contributed by atoms with E-state index in [1.54, 1.807) is 0 Å². The van der Waals surface area contributed by atoms with Crippen LogP contribution in [0.1, 0.15) is 41.7 Å². The normalized spacial score (nSPS) is 9.32. The van der Waals surface area contributed by atoms with Crippen molar-refractivity contribution >= 4 is 23.9 Å². The third-order valence-corrected chi connectivity index (χ3v) is 2.63. The molecule has 0 aliphatic heterocycles. The highest BCUT2D eigenvalue weighted by Gasteiger charge is 2.08. The Labute approximate surface area is 140 Å². The fourth-order valence-electron chi connectivity index (χ4n) is 1.41. The quantitative estimate of drug-likeness (QED) is 0.680. The van der Waals surface area contributed by atoms with Gasteiger partial charge in [0.05, 0.1) is 18.2 Å². The molecule has 0 aliphatic rings. The topological polar surface area (TPSA) is 164 Å². The number of hydrogen-bond donors (Lipinski definition) is 3. The summed E-state index contributed by atoms with van der Waals surface area (Å²) in [6.45, 7) is 0. The van der Waals surface area contributed by atoms with Gasteiger partial charge >= 0.3 is 23.9 Å². The van der Waals surface area contributed by atoms with E-state index in [1.165, 1.54) is 25.3 Å². The highest BCUT2D eigenvalue weighted by Crippen LogP contribution is 2.01. The van der Waals surface area contributed by atoms with Crippen molar-refractivity contribution in [1.29, 1.82) is 0 Å². The minimum Gasteiger partial charge on any atom is -0.478 e. The number of carbonyl (C=O) groups excluding carboxylic acids is 1. The summed E-state index contributed by atoms with van der Waals surface area (Å²) >= 11 is 0. The summed E-state index contributed by atoms with van der Waals surface area (Å²) in [4.78, 5) is 48.8. The fourth-order valence-corrected chi connectivity index (χ4v) is 1.41. The third kappa shape index (κ3) is 5.71. The van der Waals surface area contributed by atoms with Crippen LogP contribution in [-0.4, -0.2) is 56.3 Å². The van der Waals surface area contributed by atoms with Crippen LogP contribution >= 0.6 is 0 Å². The second-order valence-electron chi connectivity index (χ2n) is 4.27. The number of ether oxygens (including phenoxy) is 1. The largest absolute Gasteiger partial charge is 0.478 e. The van der Waals surface area contributed by atoms with Crippen LogP contribution in [0.3, 0.4) is 0 Å². The molecule has 2 rings (SSSR count). The first-order valence-electron chi connectivity index (χ1n) is 6.46. The molecule has 130 valence electrons. The van der Waals surface area contributed by atoms with Crippen molar-refractivity contribution in [2.45, 2.75) is 0 Å². The summed E-state index contributed by atoms with van der Waals surface area (Å²) in [6, 6.07) is 4.93. The van der Waals surface area contributed by atoms with Crippen LogP contribution in [0.25, 0.3) is 0 Å². The Bertz CT molecular complexity index is 751. The maximum absolute atomic E-state index is 10.9. The lowest BCUT2D eigenvalue weighted by atomic mass is 10.2. The average Bonchev–Trinajstić information content (AvgIpc) is 2.61. The van der Waals surface area contributed by atoms with E-state index in [1.807, 2.05) is 0 Å². The predicted octanol–water partition coefficient (Wildman–Crippen LogP) is 1.04. The first-order chi connectivity index (χ1) is 11.8. The van der Waals surface area contributed by atoms with E-state index in [2.05, 4.69) is 14.7 Å². The molecule has 10 heteroatoms. The van der Waals surface area contributed by atoms with Gasteiger partial charge in [0.25, 0.3) is 0 Å². The Balaban J connectivity index is 0.000000251. The molecule has 2 aromatic heterocycles. The number of hydrogen-bond acceptors (Lipinski definition) is 7. The van der Waals surface area contributed by atoms with Crippen LogP contribution in [0.15, 0.2) is 36.7 Å². The van der Waals surface area contributed by atoms with Gasteiger partial charge in [0.1, 0.15) is 11.4 Å². The monoisotopic (exact) mass is 348 g/mol. The maximum Gasteiger partial charge on any atom is 0.354 e. The Morgan fingerprint density at radius 2 is 1.20 bits per heavy atom. The minimum absolute atomic E-state index is 0.0278. The van der Waals surface area contributed by atoms with Gasteiger partial charge < -0.3 is 20.1 Å². The van der Waals surface area contributed by atoms with Gasteiger partial charge in [-0.05, 0) is 24.3 Å². The van der Waals surface area contributed by atoms with Gasteiger partial charge in [0.15, 0.2) is 0 Å². The summed E-state index contributed by atoms with van der Waals surface area (Å²) in [5.74, 6) is -3.97. The molecule has 10 nitrogen and oxygen atoms in total. The Morgan fingerprint density at radius 1 is 0.760 bits per heavy atom. The van der Waals surface area contributed by atoms with Crippen LogP contribution in [0.5, 0.6) is 0 Å². The number of methoxy groups -OCH3 is 1. The summed E-state index contributed by atoms with van der Waals surface area (Å²) in [6.07, 6.45) is 2.17. The van der Waals surface area contributed by atoms with E-state index in [0.29, 0.717) is 0 Å². The molecule has 2 heterocycles. The molecule has 0 bridgehead atoms. The van der Waals surface area contributed by atoms with Gasteiger partial charge in [-0.15, -0.1) is 0 Å². The molecule has 0 spiro atoms. The van der Waals surface area contributed by atoms with E-state index in [0.717, 1.165) is 18.5 Å². The Kier molecular flexibility index (Phi) is 6.71. The molecule has 2 aromatic rings. The molecule has 3 N–H and O–H groups in total. The van der Waals surface area contributed by atoms with Crippen LogP contribution in [-0.2, 0) is 4.74 Å². The number of aromatic carboxylic acids is 3. The molecule has 25 heavy (non-hydrogen) atoms. The van der Waals surface area contributed by atoms with Crippen molar-refractivity contribution in [3.05, 3.63) is 59.2 Å².